The lowest BCUT2D eigenvalue weighted by Gasteiger charge is -2.10. The van der Waals surface area contributed by atoms with Crippen molar-refractivity contribution in [2.24, 2.45) is 0 Å². The highest BCUT2D eigenvalue weighted by atomic mass is 32.2. The number of ether oxygens (including phenoxy) is 1. The second-order valence-electron chi connectivity index (χ2n) is 5.60. The van der Waals surface area contributed by atoms with E-state index in [0.29, 0.717) is 11.8 Å². The molecule has 0 aliphatic heterocycles. The zero-order valence-corrected chi connectivity index (χ0v) is 15.8. The molecule has 2 rings (SSSR count). The van der Waals surface area contributed by atoms with Gasteiger partial charge in [-0.15, -0.1) is 11.8 Å². The lowest BCUT2D eigenvalue weighted by atomic mass is 10.3. The first-order valence-corrected chi connectivity index (χ1v) is 9.06. The van der Waals surface area contributed by atoms with Gasteiger partial charge in [0.15, 0.2) is 12.4 Å². The molecule has 150 valence electrons. The zero-order valence-electron chi connectivity index (χ0n) is 15.0. The fourth-order valence-corrected chi connectivity index (χ4v) is 2.57. The van der Waals surface area contributed by atoms with Crippen molar-refractivity contribution in [3.8, 4) is 0 Å². The Hall–Kier alpha value is -2.95. The number of esters is 1. The molecule has 0 spiro atoms. The number of halogens is 2. The summed E-state index contributed by atoms with van der Waals surface area (Å²) in [7, 11) is 0. The number of hydrogen-bond donors (Lipinski definition) is 2. The minimum absolute atomic E-state index is 0.176. The number of anilines is 2. The molecule has 1 aromatic heterocycles. The maximum absolute atomic E-state index is 13.4. The Kier molecular flexibility index (Phi) is 7.50. The van der Waals surface area contributed by atoms with Gasteiger partial charge in [-0.1, -0.05) is 5.16 Å². The van der Waals surface area contributed by atoms with Crippen LogP contribution in [0.1, 0.15) is 12.7 Å². The molecular formula is C17H17F2N3O5S. The van der Waals surface area contributed by atoms with E-state index in [4.69, 9.17) is 9.26 Å². The van der Waals surface area contributed by atoms with Crippen LogP contribution in [-0.2, 0) is 19.1 Å². The molecule has 2 aromatic rings. The van der Waals surface area contributed by atoms with Gasteiger partial charge in [-0.25, -0.2) is 8.78 Å². The van der Waals surface area contributed by atoms with E-state index in [0.717, 1.165) is 23.9 Å². The molecule has 0 saturated heterocycles. The molecule has 0 bridgehead atoms. The van der Waals surface area contributed by atoms with Gasteiger partial charge in [-0.2, -0.15) is 0 Å². The van der Waals surface area contributed by atoms with E-state index in [1.165, 1.54) is 0 Å². The van der Waals surface area contributed by atoms with Crippen molar-refractivity contribution in [1.29, 1.82) is 0 Å². The minimum atomic E-state index is -0.947. The third-order valence-electron chi connectivity index (χ3n) is 3.27. The first-order valence-electron chi connectivity index (χ1n) is 8.01. The summed E-state index contributed by atoms with van der Waals surface area (Å²) in [5.41, 5.74) is -0.231. The van der Waals surface area contributed by atoms with Crippen molar-refractivity contribution in [2.75, 3.05) is 23.0 Å². The molecule has 0 aliphatic rings. The molecule has 1 aromatic carbocycles. The van der Waals surface area contributed by atoms with Gasteiger partial charge in [0.2, 0.25) is 5.91 Å². The van der Waals surface area contributed by atoms with Crippen LogP contribution in [0.3, 0.4) is 0 Å². The van der Waals surface area contributed by atoms with Crippen LogP contribution in [-0.4, -0.2) is 40.6 Å². The van der Waals surface area contributed by atoms with E-state index in [1.54, 1.807) is 19.9 Å². The van der Waals surface area contributed by atoms with Crippen LogP contribution in [0, 0.1) is 18.6 Å². The Morgan fingerprint density at radius 2 is 2.00 bits per heavy atom. The number of carbonyl (C=O) groups is 3. The number of hydrogen-bond acceptors (Lipinski definition) is 7. The topological polar surface area (TPSA) is 111 Å². The predicted octanol–water partition coefficient (Wildman–Crippen LogP) is 2.50. The number of rotatable bonds is 8. The lowest BCUT2D eigenvalue weighted by molar-refractivity contribution is -0.144. The number of aromatic nitrogens is 1. The summed E-state index contributed by atoms with van der Waals surface area (Å²) in [4.78, 5) is 35.3. The summed E-state index contributed by atoms with van der Waals surface area (Å²) in [6, 6.07) is 4.20. The molecule has 2 amide bonds. The van der Waals surface area contributed by atoms with Crippen molar-refractivity contribution < 1.29 is 32.4 Å². The highest BCUT2D eigenvalue weighted by molar-refractivity contribution is 8.01. The largest absolute Gasteiger partial charge is 0.455 e. The van der Waals surface area contributed by atoms with Gasteiger partial charge in [0.05, 0.1) is 16.7 Å². The number of carbonyl (C=O) groups excluding carboxylic acids is 3. The molecule has 0 fully saturated rings. The van der Waals surface area contributed by atoms with Crippen LogP contribution in [0.2, 0.25) is 0 Å². The third kappa shape index (κ3) is 6.65. The standard InChI is InChI=1S/C17H17F2N3O5S/c1-9-5-14(22-27-9)21-17(25)10(2)28-8-16(24)26-7-15(23)20-13-4-3-11(18)6-12(13)19/h3-6,10H,7-8H2,1-2H3,(H,20,23)(H,21,22,25)/t10-/m0/s1. The third-order valence-corrected chi connectivity index (χ3v) is 4.39. The summed E-state index contributed by atoms with van der Waals surface area (Å²) in [5, 5.41) is 7.73. The molecular weight excluding hydrogens is 396 g/mol. The van der Waals surface area contributed by atoms with Crippen LogP contribution < -0.4 is 10.6 Å². The van der Waals surface area contributed by atoms with Crippen LogP contribution in [0.5, 0.6) is 0 Å². The Morgan fingerprint density at radius 3 is 2.64 bits per heavy atom. The van der Waals surface area contributed by atoms with Gasteiger partial charge in [0, 0.05) is 12.1 Å². The van der Waals surface area contributed by atoms with Crippen molar-refractivity contribution in [1.82, 2.24) is 5.16 Å². The minimum Gasteiger partial charge on any atom is -0.455 e. The van der Waals surface area contributed by atoms with Crippen LogP contribution in [0.4, 0.5) is 20.3 Å². The Bertz CT molecular complexity index is 874. The molecule has 8 nitrogen and oxygen atoms in total. The molecule has 2 N–H and O–H groups in total. The van der Waals surface area contributed by atoms with Gasteiger partial charge in [-0.3, -0.25) is 14.4 Å². The molecule has 0 saturated carbocycles. The summed E-state index contributed by atoms with van der Waals surface area (Å²) in [5.74, 6) is -2.98. The number of nitrogens with one attached hydrogen (secondary N) is 2. The fraction of sp³-hybridized carbons (Fsp3) is 0.294. The van der Waals surface area contributed by atoms with Gasteiger partial charge in [0.1, 0.15) is 17.4 Å². The van der Waals surface area contributed by atoms with E-state index in [9.17, 15) is 23.2 Å². The van der Waals surface area contributed by atoms with E-state index in [2.05, 4.69) is 15.8 Å². The Morgan fingerprint density at radius 1 is 1.25 bits per heavy atom. The number of amides is 2. The van der Waals surface area contributed by atoms with Gasteiger partial charge in [-0.05, 0) is 26.0 Å². The summed E-state index contributed by atoms with van der Waals surface area (Å²) >= 11 is 1.00. The van der Waals surface area contributed by atoms with Gasteiger partial charge >= 0.3 is 5.97 Å². The second-order valence-corrected chi connectivity index (χ2v) is 6.93. The second kappa shape index (κ2) is 9.83. The average molecular weight is 413 g/mol. The normalized spacial score (nSPS) is 11.6. The smallest absolute Gasteiger partial charge is 0.316 e. The van der Waals surface area contributed by atoms with Crippen molar-refractivity contribution in [3.63, 3.8) is 0 Å². The van der Waals surface area contributed by atoms with Crippen LogP contribution in [0.25, 0.3) is 0 Å². The number of benzene rings is 1. The monoisotopic (exact) mass is 413 g/mol. The first kappa shape index (κ1) is 21.4. The lowest BCUT2D eigenvalue weighted by Crippen LogP contribution is -2.25. The zero-order chi connectivity index (χ0) is 20.7. The van der Waals surface area contributed by atoms with Crippen molar-refractivity contribution in [3.05, 3.63) is 41.7 Å². The van der Waals surface area contributed by atoms with E-state index >= 15 is 0 Å². The predicted molar refractivity (Wildman–Crippen MR) is 97.7 cm³/mol. The summed E-state index contributed by atoms with van der Waals surface area (Å²) in [6.07, 6.45) is 0. The van der Waals surface area contributed by atoms with E-state index in [-0.39, 0.29) is 23.2 Å². The fourth-order valence-electron chi connectivity index (χ4n) is 1.89. The molecule has 0 radical (unpaired) electrons. The van der Waals surface area contributed by atoms with Gasteiger partial charge < -0.3 is 19.9 Å². The highest BCUT2D eigenvalue weighted by Crippen LogP contribution is 2.16. The molecule has 1 atom stereocenters. The Balaban J connectivity index is 1.70. The van der Waals surface area contributed by atoms with Crippen molar-refractivity contribution >= 4 is 41.1 Å². The molecule has 0 aliphatic carbocycles. The van der Waals surface area contributed by atoms with Crippen LogP contribution >= 0.6 is 11.8 Å². The van der Waals surface area contributed by atoms with E-state index in [1.807, 2.05) is 0 Å². The maximum atomic E-state index is 13.4. The number of thioether (sulfide) groups is 1. The molecule has 28 heavy (non-hydrogen) atoms. The molecule has 11 heteroatoms. The number of aryl methyl sites for hydroxylation is 1. The van der Waals surface area contributed by atoms with Crippen LogP contribution in [0.15, 0.2) is 28.8 Å². The number of nitrogens with zero attached hydrogens (tertiary/aromatic N) is 1. The highest BCUT2D eigenvalue weighted by Gasteiger charge is 2.18. The van der Waals surface area contributed by atoms with Crippen molar-refractivity contribution in [2.45, 2.75) is 19.1 Å². The summed E-state index contributed by atoms with van der Waals surface area (Å²) in [6.45, 7) is 2.62. The quantitative estimate of drug-likeness (QED) is 0.640. The van der Waals surface area contributed by atoms with Gasteiger partial charge in [0.25, 0.3) is 5.91 Å². The molecule has 1 heterocycles. The maximum Gasteiger partial charge on any atom is 0.316 e. The molecule has 0 unspecified atom stereocenters. The Labute approximate surface area is 163 Å². The first-order chi connectivity index (χ1) is 13.2. The average Bonchev–Trinajstić information content (AvgIpc) is 3.05. The van der Waals surface area contributed by atoms with E-state index < -0.39 is 35.4 Å². The summed E-state index contributed by atoms with van der Waals surface area (Å²) < 4.78 is 35.8. The SMILES string of the molecule is Cc1cc(NC(=O)[C@H](C)SCC(=O)OCC(=O)Nc2ccc(F)cc2F)no1.